The van der Waals surface area contributed by atoms with Gasteiger partial charge in [0.25, 0.3) is 0 Å². The molecule has 286 valence electrons. The number of aliphatic hydroxyl groups excluding tert-OH is 3. The topological polar surface area (TPSA) is 174 Å². The second kappa shape index (κ2) is 16.6. The van der Waals surface area contributed by atoms with Crippen molar-refractivity contribution in [3.63, 3.8) is 0 Å². The van der Waals surface area contributed by atoms with E-state index < -0.39 is 96.2 Å². The molecule has 3 saturated heterocycles. The average molecular weight is 704 g/mol. The zero-order chi connectivity index (χ0) is 37.3. The van der Waals surface area contributed by atoms with E-state index in [1.807, 2.05) is 39.8 Å². The Morgan fingerprint density at radius 3 is 2.02 bits per heavy atom. The van der Waals surface area contributed by atoms with E-state index in [4.69, 9.17) is 28.4 Å². The van der Waals surface area contributed by atoms with Gasteiger partial charge in [0.1, 0.15) is 29.7 Å². The quantitative estimate of drug-likeness (QED) is 0.297. The highest BCUT2D eigenvalue weighted by Gasteiger charge is 2.51. The van der Waals surface area contributed by atoms with Crippen molar-refractivity contribution in [2.24, 2.45) is 29.6 Å². The maximum absolute atomic E-state index is 13.9. The summed E-state index contributed by atoms with van der Waals surface area (Å²) < 4.78 is 37.2. The van der Waals surface area contributed by atoms with E-state index in [1.54, 1.807) is 34.6 Å². The Labute approximate surface area is 292 Å². The number of methoxy groups -OCH3 is 1. The normalized spacial score (nSPS) is 49.8. The summed E-state index contributed by atoms with van der Waals surface area (Å²) in [5.74, 6) is -4.27. The van der Waals surface area contributed by atoms with Gasteiger partial charge >= 0.3 is 5.97 Å². The van der Waals surface area contributed by atoms with Gasteiger partial charge in [0, 0.05) is 37.3 Å². The van der Waals surface area contributed by atoms with Crippen molar-refractivity contribution in [1.82, 2.24) is 4.90 Å². The highest BCUT2D eigenvalue weighted by atomic mass is 16.7. The first-order valence-electron chi connectivity index (χ1n) is 17.9. The minimum Gasteiger partial charge on any atom is -0.459 e. The molecule has 3 aliphatic heterocycles. The third kappa shape index (κ3) is 9.22. The first-order chi connectivity index (χ1) is 22.6. The molecule has 0 aliphatic carbocycles. The summed E-state index contributed by atoms with van der Waals surface area (Å²) >= 11 is 0. The number of rotatable bonds is 6. The Morgan fingerprint density at radius 1 is 0.837 bits per heavy atom. The van der Waals surface area contributed by atoms with Crippen molar-refractivity contribution in [3.8, 4) is 0 Å². The Kier molecular flexibility index (Phi) is 14.3. The molecule has 0 amide bonds. The molecule has 0 saturated carbocycles. The van der Waals surface area contributed by atoms with Crippen LogP contribution in [0.2, 0.25) is 0 Å². The summed E-state index contributed by atoms with van der Waals surface area (Å²) in [6.07, 6.45) is -7.86. The van der Waals surface area contributed by atoms with Gasteiger partial charge in [-0.1, -0.05) is 27.7 Å². The number of ether oxygens (including phenoxy) is 6. The Bertz CT molecular complexity index is 1110. The molecule has 0 bridgehead atoms. The molecule has 49 heavy (non-hydrogen) atoms. The number of carbonyl (C=O) groups excluding carboxylic acids is 2. The highest BCUT2D eigenvalue weighted by Crippen LogP contribution is 2.39. The van der Waals surface area contributed by atoms with Crippen LogP contribution in [0.1, 0.15) is 88.5 Å². The van der Waals surface area contributed by atoms with Crippen molar-refractivity contribution in [3.05, 3.63) is 0 Å². The number of cyclic esters (lactones) is 1. The monoisotopic (exact) mass is 703 g/mol. The molecule has 3 aliphatic rings. The van der Waals surface area contributed by atoms with E-state index in [0.717, 1.165) is 0 Å². The van der Waals surface area contributed by atoms with Gasteiger partial charge in [-0.15, -0.1) is 0 Å². The molecule has 3 fully saturated rings. The Hall–Kier alpha value is -1.26. The zero-order valence-corrected chi connectivity index (χ0v) is 31.9. The van der Waals surface area contributed by atoms with Crippen LogP contribution in [-0.4, -0.2) is 137 Å². The van der Waals surface area contributed by atoms with Crippen molar-refractivity contribution in [2.45, 2.75) is 167 Å². The fourth-order valence-corrected chi connectivity index (χ4v) is 7.93. The lowest BCUT2D eigenvalue weighted by Crippen LogP contribution is -2.59. The molecule has 9 unspecified atom stereocenters. The molecule has 4 N–H and O–H groups in total. The lowest BCUT2D eigenvalue weighted by molar-refractivity contribution is -0.309. The van der Waals surface area contributed by atoms with Crippen molar-refractivity contribution in [1.29, 1.82) is 0 Å². The molecule has 13 nitrogen and oxygen atoms in total. The van der Waals surface area contributed by atoms with E-state index in [2.05, 4.69) is 0 Å². The van der Waals surface area contributed by atoms with E-state index in [-0.39, 0.29) is 30.3 Å². The first kappa shape index (κ1) is 42.2. The molecule has 18 atom stereocenters. The van der Waals surface area contributed by atoms with Crippen LogP contribution in [0.3, 0.4) is 0 Å². The molecule has 3 rings (SSSR count). The molecule has 0 radical (unpaired) electrons. The lowest BCUT2D eigenvalue weighted by Gasteiger charge is -2.47. The van der Waals surface area contributed by atoms with Gasteiger partial charge in [0.05, 0.1) is 42.0 Å². The minimum absolute atomic E-state index is 0.161. The second-order valence-electron chi connectivity index (χ2n) is 15.9. The van der Waals surface area contributed by atoms with Crippen LogP contribution in [0, 0.1) is 29.6 Å². The first-order valence-corrected chi connectivity index (χ1v) is 17.9. The van der Waals surface area contributed by atoms with Gasteiger partial charge in [0.15, 0.2) is 12.6 Å². The summed E-state index contributed by atoms with van der Waals surface area (Å²) in [7, 11) is 5.30. The van der Waals surface area contributed by atoms with Gasteiger partial charge in [-0.3, -0.25) is 9.59 Å². The van der Waals surface area contributed by atoms with Gasteiger partial charge in [0.2, 0.25) is 0 Å². The molecule has 13 heteroatoms. The predicted molar refractivity (Wildman–Crippen MR) is 180 cm³/mol. The van der Waals surface area contributed by atoms with Crippen LogP contribution in [0.5, 0.6) is 0 Å². The largest absolute Gasteiger partial charge is 0.459 e. The van der Waals surface area contributed by atoms with E-state index in [1.165, 1.54) is 21.0 Å². The van der Waals surface area contributed by atoms with Gasteiger partial charge < -0.3 is 53.7 Å². The average Bonchev–Trinajstić information content (AvgIpc) is 3.03. The highest BCUT2D eigenvalue weighted by molar-refractivity contribution is 5.83. The van der Waals surface area contributed by atoms with Crippen LogP contribution >= 0.6 is 0 Å². The van der Waals surface area contributed by atoms with Crippen LogP contribution < -0.4 is 0 Å². The fourth-order valence-electron chi connectivity index (χ4n) is 7.93. The van der Waals surface area contributed by atoms with Gasteiger partial charge in [-0.05, 0) is 74.4 Å². The van der Waals surface area contributed by atoms with Crippen LogP contribution in [0.4, 0.5) is 0 Å². The number of ketones is 1. The summed E-state index contributed by atoms with van der Waals surface area (Å²) in [6, 6.07) is -0.230. The predicted octanol–water partition coefficient (Wildman–Crippen LogP) is 2.28. The Morgan fingerprint density at radius 2 is 1.45 bits per heavy atom. The summed E-state index contributed by atoms with van der Waals surface area (Å²) in [4.78, 5) is 29.5. The van der Waals surface area contributed by atoms with E-state index >= 15 is 0 Å². The molecular formula is C36H65NO12. The van der Waals surface area contributed by atoms with E-state index in [9.17, 15) is 30.0 Å². The summed E-state index contributed by atoms with van der Waals surface area (Å²) in [5, 5.41) is 44.9. The summed E-state index contributed by atoms with van der Waals surface area (Å²) in [6.45, 7) is 17.1. The van der Waals surface area contributed by atoms with Crippen LogP contribution in [0.25, 0.3) is 0 Å². The standard InChI is InChI=1S/C36H65NO12/c1-17-14-18(2)29(49-34-28(39)25(37(11)12)15-19(3)45-34)21(5)30(48-26-16-35(9,44-13)32(41)23(7)46-26)22(6)33(42)47-24(8)36(10,43)31(40)20(4)27(17)38/h17-26,28-32,34,39-41,43H,14-16H2,1-13H3/t17-,18+,19-,20+,21+,22-,23+,24-,25?,26?,28?,29?,30?,31?,32?,34?,35?,36-/m1/s1. The van der Waals surface area contributed by atoms with Crippen LogP contribution in [0.15, 0.2) is 0 Å². The molecule has 3 heterocycles. The number of nitrogens with zero attached hydrogens (tertiary/aromatic N) is 1. The second-order valence-corrected chi connectivity index (χ2v) is 15.9. The number of Topliss-reactive ketones (excluding diaryl/α,β-unsaturated/α-hetero) is 1. The molecule has 0 spiro atoms. The molecular weight excluding hydrogens is 638 g/mol. The number of carbonyl (C=O) groups is 2. The Balaban J connectivity index is 2.11. The minimum atomic E-state index is -1.93. The fraction of sp³-hybridized carbons (Fsp3) is 0.944. The molecule has 0 aromatic rings. The maximum atomic E-state index is 13.9. The molecule has 0 aromatic heterocycles. The number of hydrogen-bond donors (Lipinski definition) is 4. The smallest absolute Gasteiger partial charge is 0.311 e. The third-order valence-electron chi connectivity index (χ3n) is 11.7. The maximum Gasteiger partial charge on any atom is 0.311 e. The number of hydrogen-bond acceptors (Lipinski definition) is 13. The van der Waals surface area contributed by atoms with Gasteiger partial charge in [-0.25, -0.2) is 0 Å². The zero-order valence-electron chi connectivity index (χ0n) is 31.9. The third-order valence-corrected chi connectivity index (χ3v) is 11.7. The molecule has 0 aromatic carbocycles. The summed E-state index contributed by atoms with van der Waals surface area (Å²) in [5.41, 5.74) is -2.92. The number of aliphatic hydroxyl groups is 4. The number of likely N-dealkylation sites (N-methyl/N-ethyl adjacent to an activating group) is 1. The lowest BCUT2D eigenvalue weighted by atomic mass is 9.76. The van der Waals surface area contributed by atoms with Crippen LogP contribution in [-0.2, 0) is 38.0 Å². The van der Waals surface area contributed by atoms with Crippen molar-refractivity contribution >= 4 is 11.8 Å². The van der Waals surface area contributed by atoms with Crippen molar-refractivity contribution in [2.75, 3.05) is 21.2 Å². The van der Waals surface area contributed by atoms with Crippen molar-refractivity contribution < 1.29 is 58.4 Å². The number of esters is 1. The van der Waals surface area contributed by atoms with E-state index in [0.29, 0.717) is 12.8 Å². The van der Waals surface area contributed by atoms with Gasteiger partial charge in [-0.2, -0.15) is 0 Å². The SMILES string of the molecule is COC1(C)CC(OC2[C@@H](C)C(OC3O[C@H](C)CC(N(C)C)C3O)[C@@H](C)C[C@@H](C)C(=O)[C@H](C)C(O)[C@](C)(O)[C@@H](C)OC(=O)[C@@H]2C)O[C@@H](C)C1O.